The van der Waals surface area contributed by atoms with Crippen molar-refractivity contribution in [3.63, 3.8) is 0 Å². The van der Waals surface area contributed by atoms with E-state index in [0.717, 1.165) is 18.4 Å². The summed E-state index contributed by atoms with van der Waals surface area (Å²) in [6, 6.07) is 4.16. The molecule has 4 nitrogen and oxygen atoms in total. The number of rotatable bonds is 2. The number of ether oxygens (including phenoxy) is 1. The normalized spacial score (nSPS) is 16.4. The predicted octanol–water partition coefficient (Wildman–Crippen LogP) is 2.97. The van der Waals surface area contributed by atoms with Gasteiger partial charge in [0.15, 0.2) is 0 Å². The summed E-state index contributed by atoms with van der Waals surface area (Å²) < 4.78 is 19.2. The summed E-state index contributed by atoms with van der Waals surface area (Å²) in [5.74, 6) is -1.23. The number of fused-ring (bicyclic) bond motifs is 1. The highest BCUT2D eigenvalue weighted by Crippen LogP contribution is 2.30. The lowest BCUT2D eigenvalue weighted by Gasteiger charge is -2.22. The maximum Gasteiger partial charge on any atom is 0.337 e. The van der Waals surface area contributed by atoms with E-state index in [9.17, 15) is 9.18 Å². The van der Waals surface area contributed by atoms with Crippen molar-refractivity contribution < 1.29 is 19.0 Å². The number of carbonyl (C=O) groups is 1. The van der Waals surface area contributed by atoms with E-state index in [-0.39, 0.29) is 16.5 Å². The van der Waals surface area contributed by atoms with E-state index in [1.807, 2.05) is 0 Å². The van der Waals surface area contributed by atoms with Gasteiger partial charge in [-0.15, -0.1) is 0 Å². The van der Waals surface area contributed by atoms with Gasteiger partial charge in [-0.05, 0) is 42.5 Å². The van der Waals surface area contributed by atoms with Gasteiger partial charge in [-0.1, -0.05) is 0 Å². The van der Waals surface area contributed by atoms with E-state index in [1.54, 1.807) is 12.3 Å². The highest BCUT2D eigenvalue weighted by atomic mass is 19.1. The van der Waals surface area contributed by atoms with Crippen LogP contribution in [0.3, 0.4) is 0 Å². The second-order valence-corrected chi connectivity index (χ2v) is 4.95. The summed E-state index contributed by atoms with van der Waals surface area (Å²) in [5, 5.41) is 9.38. The molecule has 0 atom stereocenters. The summed E-state index contributed by atoms with van der Waals surface area (Å²) >= 11 is 0. The first-order valence-corrected chi connectivity index (χ1v) is 6.56. The zero-order chi connectivity index (χ0) is 14.1. The third-order valence-electron chi connectivity index (χ3n) is 3.74. The van der Waals surface area contributed by atoms with Crippen molar-refractivity contribution in [3.8, 4) is 0 Å². The summed E-state index contributed by atoms with van der Waals surface area (Å²) in [5.41, 5.74) is 1.18. The van der Waals surface area contributed by atoms with E-state index in [4.69, 9.17) is 9.84 Å². The van der Waals surface area contributed by atoms with Crippen LogP contribution in [0.15, 0.2) is 24.4 Å². The van der Waals surface area contributed by atoms with Gasteiger partial charge >= 0.3 is 5.97 Å². The number of aromatic nitrogens is 1. The molecule has 0 bridgehead atoms. The molecule has 3 rings (SSSR count). The van der Waals surface area contributed by atoms with Gasteiger partial charge in [-0.2, -0.15) is 0 Å². The molecule has 0 saturated carbocycles. The maximum absolute atomic E-state index is 13.9. The molecule has 1 fully saturated rings. The lowest BCUT2D eigenvalue weighted by atomic mass is 9.92. The molecule has 5 heteroatoms. The van der Waals surface area contributed by atoms with Crippen molar-refractivity contribution in [1.29, 1.82) is 0 Å². The van der Waals surface area contributed by atoms with Crippen LogP contribution in [0.5, 0.6) is 0 Å². The van der Waals surface area contributed by atoms with Crippen molar-refractivity contribution in [3.05, 3.63) is 41.3 Å². The molecule has 1 aliphatic heterocycles. The Hall–Kier alpha value is -2.01. The number of hydrogen-bond donors (Lipinski definition) is 1. The number of carboxylic acid groups (broad SMARTS) is 1. The number of pyridine rings is 1. The van der Waals surface area contributed by atoms with E-state index in [2.05, 4.69) is 4.98 Å². The molecule has 0 amide bonds. The number of halogens is 1. The molecule has 2 aromatic rings. The molecular formula is C15H14FNO3. The Labute approximate surface area is 115 Å². The molecule has 1 aromatic carbocycles. The minimum atomic E-state index is -1.10. The van der Waals surface area contributed by atoms with Crippen molar-refractivity contribution >= 4 is 16.9 Å². The van der Waals surface area contributed by atoms with Gasteiger partial charge < -0.3 is 9.84 Å². The zero-order valence-electron chi connectivity index (χ0n) is 10.8. The van der Waals surface area contributed by atoms with Gasteiger partial charge in [0.2, 0.25) is 0 Å². The van der Waals surface area contributed by atoms with E-state index in [0.29, 0.717) is 19.1 Å². The molecule has 0 radical (unpaired) electrons. The summed E-state index contributed by atoms with van der Waals surface area (Å²) in [6.45, 7) is 1.39. The van der Waals surface area contributed by atoms with Gasteiger partial charge in [0, 0.05) is 24.8 Å². The average molecular weight is 275 g/mol. The molecule has 1 aliphatic rings. The maximum atomic E-state index is 13.9. The lowest BCUT2D eigenvalue weighted by molar-refractivity contribution is 0.0699. The van der Waals surface area contributed by atoms with Crippen molar-refractivity contribution in [2.45, 2.75) is 18.8 Å². The summed E-state index contributed by atoms with van der Waals surface area (Å²) in [7, 11) is 0. The van der Waals surface area contributed by atoms with Crippen molar-refractivity contribution in [2.24, 2.45) is 0 Å². The molecule has 1 N–H and O–H groups in total. The predicted molar refractivity (Wildman–Crippen MR) is 71.5 cm³/mol. The summed E-state index contributed by atoms with van der Waals surface area (Å²) in [4.78, 5) is 15.3. The Morgan fingerprint density at radius 2 is 2.10 bits per heavy atom. The second kappa shape index (κ2) is 5.17. The van der Waals surface area contributed by atoms with E-state index in [1.165, 1.54) is 12.1 Å². The first-order chi connectivity index (χ1) is 9.66. The average Bonchev–Trinajstić information content (AvgIpc) is 2.48. The van der Waals surface area contributed by atoms with Gasteiger partial charge in [0.25, 0.3) is 0 Å². The SMILES string of the molecule is O=C(O)c1ccc(F)c2cc(C3CCOCC3)cnc12. The Morgan fingerprint density at radius 1 is 1.35 bits per heavy atom. The number of carboxylic acids is 1. The third-order valence-corrected chi connectivity index (χ3v) is 3.74. The van der Waals surface area contributed by atoms with Crippen LogP contribution in [-0.2, 0) is 4.74 Å². The van der Waals surface area contributed by atoms with Crippen LogP contribution in [-0.4, -0.2) is 29.3 Å². The van der Waals surface area contributed by atoms with E-state index < -0.39 is 11.8 Å². The highest BCUT2D eigenvalue weighted by Gasteiger charge is 2.19. The van der Waals surface area contributed by atoms with Crippen molar-refractivity contribution in [2.75, 3.05) is 13.2 Å². The largest absolute Gasteiger partial charge is 0.478 e. The zero-order valence-corrected chi connectivity index (χ0v) is 10.8. The number of benzene rings is 1. The standard InChI is InChI=1S/C15H14FNO3/c16-13-2-1-11(15(18)19)14-12(13)7-10(8-17-14)9-3-5-20-6-4-9/h1-2,7-9H,3-6H2,(H,18,19). The topological polar surface area (TPSA) is 59.4 Å². The minimum absolute atomic E-state index is 0.0277. The molecule has 0 spiro atoms. The molecular weight excluding hydrogens is 261 g/mol. The fraction of sp³-hybridized carbons (Fsp3) is 0.333. The molecule has 104 valence electrons. The van der Waals surface area contributed by atoms with Crippen LogP contribution in [0.2, 0.25) is 0 Å². The van der Waals surface area contributed by atoms with Gasteiger partial charge in [0.05, 0.1) is 11.1 Å². The van der Waals surface area contributed by atoms with Crippen LogP contribution in [0, 0.1) is 5.82 Å². The van der Waals surface area contributed by atoms with E-state index >= 15 is 0 Å². The molecule has 20 heavy (non-hydrogen) atoms. The number of hydrogen-bond acceptors (Lipinski definition) is 3. The monoisotopic (exact) mass is 275 g/mol. The fourth-order valence-electron chi connectivity index (χ4n) is 2.63. The van der Waals surface area contributed by atoms with Crippen LogP contribution in [0.1, 0.15) is 34.7 Å². The first kappa shape index (κ1) is 13.0. The molecule has 0 unspecified atom stereocenters. The molecule has 1 saturated heterocycles. The Kier molecular flexibility index (Phi) is 3.36. The quantitative estimate of drug-likeness (QED) is 0.915. The number of nitrogens with zero attached hydrogens (tertiary/aromatic N) is 1. The smallest absolute Gasteiger partial charge is 0.337 e. The molecule has 1 aromatic heterocycles. The van der Waals surface area contributed by atoms with Crippen LogP contribution >= 0.6 is 0 Å². The Morgan fingerprint density at radius 3 is 2.80 bits per heavy atom. The van der Waals surface area contributed by atoms with Gasteiger partial charge in [0.1, 0.15) is 5.82 Å². The fourth-order valence-corrected chi connectivity index (χ4v) is 2.63. The van der Waals surface area contributed by atoms with Gasteiger partial charge in [-0.3, -0.25) is 4.98 Å². The second-order valence-electron chi connectivity index (χ2n) is 4.95. The minimum Gasteiger partial charge on any atom is -0.478 e. The highest BCUT2D eigenvalue weighted by molar-refractivity contribution is 6.01. The Bertz CT molecular complexity index is 665. The lowest BCUT2D eigenvalue weighted by Crippen LogP contribution is -2.14. The van der Waals surface area contributed by atoms with Crippen LogP contribution < -0.4 is 0 Å². The summed E-state index contributed by atoms with van der Waals surface area (Å²) in [6.07, 6.45) is 3.42. The van der Waals surface area contributed by atoms with Gasteiger partial charge in [-0.25, -0.2) is 9.18 Å². The van der Waals surface area contributed by atoms with Crippen molar-refractivity contribution in [1.82, 2.24) is 4.98 Å². The van der Waals surface area contributed by atoms with Crippen LogP contribution in [0.4, 0.5) is 4.39 Å². The number of aromatic carboxylic acids is 1. The molecule has 2 heterocycles. The molecule has 0 aliphatic carbocycles. The Balaban J connectivity index is 2.10. The first-order valence-electron chi connectivity index (χ1n) is 6.56. The third kappa shape index (κ3) is 2.25. The van der Waals surface area contributed by atoms with Crippen LogP contribution in [0.25, 0.3) is 10.9 Å².